The molecule has 1 fully saturated rings. The van der Waals surface area contributed by atoms with Crippen molar-refractivity contribution in [2.24, 2.45) is 11.7 Å². The number of nitrogens with two attached hydrogens (primary N) is 1. The first kappa shape index (κ1) is 13.8. The normalized spacial score (nSPS) is 23.2. The zero-order valence-electron chi connectivity index (χ0n) is 11.6. The van der Waals surface area contributed by atoms with Crippen LogP contribution in [0.2, 0.25) is 0 Å². The predicted octanol–water partition coefficient (Wildman–Crippen LogP) is 1.00. The fourth-order valence-corrected chi connectivity index (χ4v) is 2.78. The van der Waals surface area contributed by atoms with Crippen molar-refractivity contribution in [3.8, 4) is 0 Å². The second kappa shape index (κ2) is 6.02. The van der Waals surface area contributed by atoms with Crippen LogP contribution in [0.5, 0.6) is 0 Å². The number of carbonyl (C=O) groups is 1. The molecule has 0 aromatic carbocycles. The molecule has 1 aromatic rings. The smallest absolute Gasteiger partial charge is 0.269 e. The summed E-state index contributed by atoms with van der Waals surface area (Å²) in [5.74, 6) is 0.423. The monoisotopic (exact) mass is 262 g/mol. The van der Waals surface area contributed by atoms with E-state index in [0.717, 1.165) is 18.7 Å². The van der Waals surface area contributed by atoms with Crippen molar-refractivity contribution in [2.45, 2.75) is 25.8 Å². The van der Waals surface area contributed by atoms with E-state index in [2.05, 4.69) is 22.1 Å². The Labute approximate surface area is 114 Å². The molecule has 0 aliphatic carbocycles. The molecule has 1 aliphatic rings. The molecule has 19 heavy (non-hydrogen) atoms. The summed E-state index contributed by atoms with van der Waals surface area (Å²) in [6.07, 6.45) is 4.06. The highest BCUT2D eigenvalue weighted by Crippen LogP contribution is 2.28. The molecule has 3 N–H and O–H groups in total. The fraction of sp³-hybridized carbons (Fsp3) is 0.571. The van der Waals surface area contributed by atoms with E-state index < -0.39 is 0 Å². The maximum Gasteiger partial charge on any atom is 0.269 e. The van der Waals surface area contributed by atoms with Crippen LogP contribution in [0, 0.1) is 5.92 Å². The molecule has 2 unspecified atom stereocenters. The Balaban J connectivity index is 2.27. The molecule has 104 valence electrons. The van der Waals surface area contributed by atoms with Gasteiger partial charge in [-0.1, -0.05) is 6.92 Å². The summed E-state index contributed by atoms with van der Waals surface area (Å²) in [6.45, 7) is 3.87. The van der Waals surface area contributed by atoms with Crippen molar-refractivity contribution >= 4 is 11.6 Å². The van der Waals surface area contributed by atoms with Gasteiger partial charge in [0.25, 0.3) is 5.91 Å². The number of carbonyl (C=O) groups excluding carboxylic acids is 1. The number of anilines is 1. The topological polar surface area (TPSA) is 71.2 Å². The molecule has 1 saturated heterocycles. The van der Waals surface area contributed by atoms with Gasteiger partial charge in [0.2, 0.25) is 0 Å². The number of hydrogen-bond acceptors (Lipinski definition) is 4. The lowest BCUT2D eigenvalue weighted by Gasteiger charge is -2.41. The van der Waals surface area contributed by atoms with Crippen molar-refractivity contribution in [3.63, 3.8) is 0 Å². The number of pyridine rings is 1. The van der Waals surface area contributed by atoms with Crippen molar-refractivity contribution in [1.29, 1.82) is 0 Å². The molecular weight excluding hydrogens is 240 g/mol. The van der Waals surface area contributed by atoms with E-state index in [-0.39, 0.29) is 5.91 Å². The molecule has 1 aliphatic heterocycles. The summed E-state index contributed by atoms with van der Waals surface area (Å²) >= 11 is 0. The van der Waals surface area contributed by atoms with Gasteiger partial charge < -0.3 is 16.0 Å². The maximum absolute atomic E-state index is 11.6. The molecular formula is C14H22N4O. The van der Waals surface area contributed by atoms with Crippen LogP contribution >= 0.6 is 0 Å². The fourth-order valence-electron chi connectivity index (χ4n) is 2.78. The van der Waals surface area contributed by atoms with Crippen molar-refractivity contribution < 1.29 is 4.79 Å². The first-order valence-corrected chi connectivity index (χ1v) is 6.82. The number of hydrogen-bond donors (Lipinski definition) is 2. The minimum absolute atomic E-state index is 0.156. The van der Waals surface area contributed by atoms with Crippen molar-refractivity contribution in [2.75, 3.05) is 25.0 Å². The molecule has 0 radical (unpaired) electrons. The van der Waals surface area contributed by atoms with Gasteiger partial charge >= 0.3 is 0 Å². The van der Waals surface area contributed by atoms with Gasteiger partial charge in [-0.25, -0.2) is 0 Å². The Morgan fingerprint density at radius 3 is 3.11 bits per heavy atom. The number of aromatic nitrogens is 1. The minimum Gasteiger partial charge on any atom is -0.367 e. The second-order valence-corrected chi connectivity index (χ2v) is 5.09. The Morgan fingerprint density at radius 2 is 2.42 bits per heavy atom. The van der Waals surface area contributed by atoms with Gasteiger partial charge in [0, 0.05) is 38.1 Å². The summed E-state index contributed by atoms with van der Waals surface area (Å²) in [6, 6.07) is 4.14. The van der Waals surface area contributed by atoms with Gasteiger partial charge in [0.15, 0.2) is 0 Å². The Bertz CT molecular complexity index is 449. The lowest BCUT2D eigenvalue weighted by atomic mass is 9.90. The van der Waals surface area contributed by atoms with E-state index in [0.29, 0.717) is 24.2 Å². The van der Waals surface area contributed by atoms with E-state index in [9.17, 15) is 4.79 Å². The SMILES string of the molecule is CNC(=O)c1cc(N2CCCC(C)C2CN)ccn1. The van der Waals surface area contributed by atoms with Crippen molar-refractivity contribution in [3.05, 3.63) is 24.0 Å². The largest absolute Gasteiger partial charge is 0.367 e. The van der Waals surface area contributed by atoms with Gasteiger partial charge in [0.1, 0.15) is 5.69 Å². The Kier molecular flexibility index (Phi) is 4.37. The van der Waals surface area contributed by atoms with Crippen LogP contribution in [-0.4, -0.2) is 37.1 Å². The summed E-state index contributed by atoms with van der Waals surface area (Å²) in [7, 11) is 1.61. The number of piperidine rings is 1. The third-order valence-corrected chi connectivity index (χ3v) is 3.89. The number of nitrogens with zero attached hydrogens (tertiary/aromatic N) is 2. The highest BCUT2D eigenvalue weighted by molar-refractivity contribution is 5.92. The van der Waals surface area contributed by atoms with Crippen LogP contribution in [0.4, 0.5) is 5.69 Å². The standard InChI is InChI=1S/C14H22N4O/c1-10-4-3-7-18(13(10)9-15)11-5-6-17-12(8-11)14(19)16-2/h5-6,8,10,13H,3-4,7,9,15H2,1-2H3,(H,16,19). The molecule has 5 heteroatoms. The molecule has 2 heterocycles. The zero-order chi connectivity index (χ0) is 13.8. The van der Waals surface area contributed by atoms with Gasteiger partial charge in [-0.2, -0.15) is 0 Å². The van der Waals surface area contributed by atoms with Crippen LogP contribution in [-0.2, 0) is 0 Å². The van der Waals surface area contributed by atoms with Crippen LogP contribution in [0.1, 0.15) is 30.3 Å². The van der Waals surface area contributed by atoms with Crippen LogP contribution in [0.25, 0.3) is 0 Å². The second-order valence-electron chi connectivity index (χ2n) is 5.09. The lowest BCUT2D eigenvalue weighted by molar-refractivity contribution is 0.0958. The summed E-state index contributed by atoms with van der Waals surface area (Å²) < 4.78 is 0. The van der Waals surface area contributed by atoms with Gasteiger partial charge in [-0.05, 0) is 30.9 Å². The Morgan fingerprint density at radius 1 is 1.63 bits per heavy atom. The molecule has 2 rings (SSSR count). The zero-order valence-corrected chi connectivity index (χ0v) is 11.6. The van der Waals surface area contributed by atoms with E-state index in [1.165, 1.54) is 6.42 Å². The van der Waals surface area contributed by atoms with Crippen LogP contribution in [0.15, 0.2) is 18.3 Å². The average Bonchev–Trinajstić information content (AvgIpc) is 2.46. The predicted molar refractivity (Wildman–Crippen MR) is 76.2 cm³/mol. The Hall–Kier alpha value is -1.62. The molecule has 0 spiro atoms. The molecule has 1 aromatic heterocycles. The first-order chi connectivity index (χ1) is 9.17. The van der Waals surface area contributed by atoms with Gasteiger partial charge in [-0.3, -0.25) is 9.78 Å². The first-order valence-electron chi connectivity index (χ1n) is 6.82. The highest BCUT2D eigenvalue weighted by atomic mass is 16.1. The van der Waals surface area contributed by atoms with Gasteiger partial charge in [0.05, 0.1) is 0 Å². The van der Waals surface area contributed by atoms with E-state index in [4.69, 9.17) is 5.73 Å². The molecule has 5 nitrogen and oxygen atoms in total. The quantitative estimate of drug-likeness (QED) is 0.852. The number of amides is 1. The van der Waals surface area contributed by atoms with Crippen molar-refractivity contribution in [1.82, 2.24) is 10.3 Å². The van der Waals surface area contributed by atoms with Crippen LogP contribution < -0.4 is 16.0 Å². The lowest BCUT2D eigenvalue weighted by Crippen LogP contribution is -2.48. The highest BCUT2D eigenvalue weighted by Gasteiger charge is 2.27. The molecule has 2 atom stereocenters. The number of rotatable bonds is 3. The third-order valence-electron chi connectivity index (χ3n) is 3.89. The minimum atomic E-state index is -0.156. The molecule has 1 amide bonds. The van der Waals surface area contributed by atoms with Crippen LogP contribution in [0.3, 0.4) is 0 Å². The van der Waals surface area contributed by atoms with E-state index in [1.54, 1.807) is 13.2 Å². The van der Waals surface area contributed by atoms with Gasteiger partial charge in [-0.15, -0.1) is 0 Å². The van der Waals surface area contributed by atoms with E-state index in [1.807, 2.05) is 12.1 Å². The maximum atomic E-state index is 11.6. The summed E-state index contributed by atoms with van der Waals surface area (Å²) in [5.41, 5.74) is 7.40. The molecule has 0 saturated carbocycles. The van der Waals surface area contributed by atoms with E-state index >= 15 is 0 Å². The molecule has 0 bridgehead atoms. The average molecular weight is 262 g/mol. The third kappa shape index (κ3) is 2.87. The summed E-state index contributed by atoms with van der Waals surface area (Å²) in [4.78, 5) is 18.1. The number of nitrogens with one attached hydrogen (secondary N) is 1. The summed E-state index contributed by atoms with van der Waals surface area (Å²) in [5, 5.41) is 2.60.